The number of benzene rings is 1. The van der Waals surface area contributed by atoms with Crippen molar-refractivity contribution in [2.24, 2.45) is 0 Å². The molecule has 0 unspecified atom stereocenters. The first-order chi connectivity index (χ1) is 10.1. The van der Waals surface area contributed by atoms with Gasteiger partial charge in [0.1, 0.15) is 5.82 Å². The fourth-order valence-electron chi connectivity index (χ4n) is 1.59. The van der Waals surface area contributed by atoms with Crippen LogP contribution in [0.15, 0.2) is 33.3 Å². The van der Waals surface area contributed by atoms with Gasteiger partial charge in [0.2, 0.25) is 5.95 Å². The first-order valence-electron chi connectivity index (χ1n) is 6.37. The SMILES string of the molecule is CCCNc1ncc(Br)c(Nc2ccc(C#N)cc2Br)n1. The van der Waals surface area contributed by atoms with Gasteiger partial charge in [-0.2, -0.15) is 10.2 Å². The van der Waals surface area contributed by atoms with Crippen molar-refractivity contribution in [1.82, 2.24) is 9.97 Å². The van der Waals surface area contributed by atoms with E-state index in [9.17, 15) is 0 Å². The maximum absolute atomic E-state index is 8.88. The molecule has 1 heterocycles. The van der Waals surface area contributed by atoms with Crippen LogP contribution in [0.2, 0.25) is 0 Å². The first kappa shape index (κ1) is 15.7. The summed E-state index contributed by atoms with van der Waals surface area (Å²) in [4.78, 5) is 8.63. The minimum absolute atomic E-state index is 0.576. The molecule has 0 spiro atoms. The largest absolute Gasteiger partial charge is 0.354 e. The van der Waals surface area contributed by atoms with Gasteiger partial charge in [0, 0.05) is 17.2 Å². The Bertz CT molecular complexity index is 682. The highest BCUT2D eigenvalue weighted by atomic mass is 79.9. The zero-order chi connectivity index (χ0) is 15.2. The topological polar surface area (TPSA) is 73.6 Å². The van der Waals surface area contributed by atoms with E-state index < -0.39 is 0 Å². The van der Waals surface area contributed by atoms with Crippen LogP contribution in [0, 0.1) is 11.3 Å². The fraction of sp³-hybridized carbons (Fsp3) is 0.214. The lowest BCUT2D eigenvalue weighted by Gasteiger charge is -2.11. The van der Waals surface area contributed by atoms with Crippen LogP contribution in [0.1, 0.15) is 18.9 Å². The van der Waals surface area contributed by atoms with Crippen molar-refractivity contribution in [2.75, 3.05) is 17.2 Å². The molecule has 0 aliphatic heterocycles. The summed E-state index contributed by atoms with van der Waals surface area (Å²) < 4.78 is 1.57. The molecule has 1 aromatic carbocycles. The summed E-state index contributed by atoms with van der Waals surface area (Å²) in [6.07, 6.45) is 2.70. The summed E-state index contributed by atoms with van der Waals surface area (Å²) in [7, 11) is 0. The molecule has 0 amide bonds. The molecule has 21 heavy (non-hydrogen) atoms. The van der Waals surface area contributed by atoms with Crippen LogP contribution >= 0.6 is 31.9 Å². The van der Waals surface area contributed by atoms with Crippen molar-refractivity contribution in [2.45, 2.75) is 13.3 Å². The predicted octanol–water partition coefficient (Wildman–Crippen LogP) is 4.44. The van der Waals surface area contributed by atoms with Gasteiger partial charge in [0.25, 0.3) is 0 Å². The highest BCUT2D eigenvalue weighted by Gasteiger charge is 2.08. The summed E-state index contributed by atoms with van der Waals surface area (Å²) in [5.74, 6) is 1.24. The Hall–Kier alpha value is -1.65. The molecule has 0 saturated carbocycles. The summed E-state index contributed by atoms with van der Waals surface area (Å²) in [5, 5.41) is 15.2. The highest BCUT2D eigenvalue weighted by molar-refractivity contribution is 9.11. The van der Waals surface area contributed by atoms with Crippen molar-refractivity contribution < 1.29 is 0 Å². The summed E-state index contributed by atoms with van der Waals surface area (Å²) >= 11 is 6.87. The number of anilines is 3. The molecule has 2 N–H and O–H groups in total. The normalized spacial score (nSPS) is 10.0. The van der Waals surface area contributed by atoms with Gasteiger partial charge in [-0.1, -0.05) is 6.92 Å². The third-order valence-corrected chi connectivity index (χ3v) is 3.86. The van der Waals surface area contributed by atoms with E-state index in [2.05, 4.69) is 65.5 Å². The molecule has 7 heteroatoms. The molecule has 0 saturated heterocycles. The number of hydrogen-bond donors (Lipinski definition) is 2. The Kier molecular flexibility index (Phi) is 5.53. The zero-order valence-electron chi connectivity index (χ0n) is 11.3. The van der Waals surface area contributed by atoms with E-state index in [1.54, 1.807) is 18.3 Å². The Morgan fingerprint density at radius 2 is 2.10 bits per heavy atom. The number of halogens is 2. The number of hydrogen-bond acceptors (Lipinski definition) is 5. The van der Waals surface area contributed by atoms with Gasteiger partial charge < -0.3 is 10.6 Å². The number of rotatable bonds is 5. The van der Waals surface area contributed by atoms with Crippen LogP contribution in [-0.4, -0.2) is 16.5 Å². The van der Waals surface area contributed by atoms with Crippen molar-refractivity contribution in [1.29, 1.82) is 5.26 Å². The summed E-state index contributed by atoms with van der Waals surface area (Å²) in [5.41, 5.74) is 1.43. The first-order valence-corrected chi connectivity index (χ1v) is 7.95. The second-order valence-corrected chi connectivity index (χ2v) is 5.96. The van der Waals surface area contributed by atoms with Gasteiger partial charge in [-0.25, -0.2) is 4.98 Å². The number of aromatic nitrogens is 2. The monoisotopic (exact) mass is 409 g/mol. The Labute approximate surface area is 140 Å². The predicted molar refractivity (Wildman–Crippen MR) is 90.7 cm³/mol. The molecular formula is C14H13Br2N5. The minimum Gasteiger partial charge on any atom is -0.354 e. The van der Waals surface area contributed by atoms with E-state index in [0.717, 1.165) is 27.6 Å². The smallest absolute Gasteiger partial charge is 0.224 e. The number of nitriles is 1. The Morgan fingerprint density at radius 3 is 2.76 bits per heavy atom. The van der Waals surface area contributed by atoms with E-state index in [1.807, 2.05) is 6.07 Å². The van der Waals surface area contributed by atoms with Crippen LogP contribution in [0.3, 0.4) is 0 Å². The van der Waals surface area contributed by atoms with Crippen molar-refractivity contribution in [3.8, 4) is 6.07 Å². The Balaban J connectivity index is 2.24. The maximum Gasteiger partial charge on any atom is 0.224 e. The summed E-state index contributed by atoms with van der Waals surface area (Å²) in [6.45, 7) is 2.90. The van der Waals surface area contributed by atoms with E-state index in [0.29, 0.717) is 17.3 Å². The molecule has 0 radical (unpaired) electrons. The molecular weight excluding hydrogens is 398 g/mol. The van der Waals surface area contributed by atoms with Crippen LogP contribution in [0.4, 0.5) is 17.5 Å². The third kappa shape index (κ3) is 4.16. The fourth-order valence-corrected chi connectivity index (χ4v) is 2.36. The molecule has 0 aliphatic carbocycles. The van der Waals surface area contributed by atoms with E-state index >= 15 is 0 Å². The lowest BCUT2D eigenvalue weighted by Crippen LogP contribution is -2.06. The number of nitrogens with zero attached hydrogens (tertiary/aromatic N) is 3. The van der Waals surface area contributed by atoms with Crippen LogP contribution in [0.25, 0.3) is 0 Å². The van der Waals surface area contributed by atoms with Crippen LogP contribution < -0.4 is 10.6 Å². The van der Waals surface area contributed by atoms with Crippen molar-refractivity contribution >= 4 is 49.3 Å². The van der Waals surface area contributed by atoms with Gasteiger partial charge in [0.05, 0.1) is 21.8 Å². The molecule has 0 bridgehead atoms. The molecule has 0 aliphatic rings. The Morgan fingerprint density at radius 1 is 1.29 bits per heavy atom. The van der Waals surface area contributed by atoms with Crippen molar-refractivity contribution in [3.05, 3.63) is 38.9 Å². The average Bonchev–Trinajstić information content (AvgIpc) is 2.49. The van der Waals surface area contributed by atoms with Gasteiger partial charge in [-0.05, 0) is 56.5 Å². The van der Waals surface area contributed by atoms with Crippen molar-refractivity contribution in [3.63, 3.8) is 0 Å². The maximum atomic E-state index is 8.88. The molecule has 2 rings (SSSR count). The lowest BCUT2D eigenvalue weighted by atomic mass is 10.2. The molecule has 0 fully saturated rings. The zero-order valence-corrected chi connectivity index (χ0v) is 14.5. The summed E-state index contributed by atoms with van der Waals surface area (Å²) in [6, 6.07) is 7.44. The van der Waals surface area contributed by atoms with Gasteiger partial charge >= 0.3 is 0 Å². The van der Waals surface area contributed by atoms with E-state index in [1.165, 1.54) is 0 Å². The molecule has 5 nitrogen and oxygen atoms in total. The number of nitrogens with one attached hydrogen (secondary N) is 2. The van der Waals surface area contributed by atoms with Crippen LogP contribution in [0.5, 0.6) is 0 Å². The van der Waals surface area contributed by atoms with Gasteiger partial charge in [0.15, 0.2) is 0 Å². The average molecular weight is 411 g/mol. The van der Waals surface area contributed by atoms with E-state index in [4.69, 9.17) is 5.26 Å². The van der Waals surface area contributed by atoms with E-state index in [-0.39, 0.29) is 0 Å². The second kappa shape index (κ2) is 7.38. The minimum atomic E-state index is 0.576. The molecule has 2 aromatic rings. The second-order valence-electron chi connectivity index (χ2n) is 4.25. The quantitative estimate of drug-likeness (QED) is 0.762. The van der Waals surface area contributed by atoms with Gasteiger partial charge in [-0.15, -0.1) is 0 Å². The highest BCUT2D eigenvalue weighted by Crippen LogP contribution is 2.29. The molecule has 108 valence electrons. The van der Waals surface area contributed by atoms with Crippen LogP contribution in [-0.2, 0) is 0 Å². The molecule has 0 atom stereocenters. The van der Waals surface area contributed by atoms with Gasteiger partial charge in [-0.3, -0.25) is 0 Å². The molecule has 1 aromatic heterocycles. The standard InChI is InChI=1S/C14H13Br2N5/c1-2-5-18-14-19-8-11(16)13(21-14)20-12-4-3-9(7-17)6-10(12)15/h3-4,6,8H,2,5H2,1H3,(H2,18,19,20,21). The lowest BCUT2D eigenvalue weighted by molar-refractivity contribution is 0.952. The third-order valence-electron chi connectivity index (χ3n) is 2.63.